The fourth-order valence-electron chi connectivity index (χ4n) is 5.18. The van der Waals surface area contributed by atoms with Gasteiger partial charge in [-0.3, -0.25) is 9.59 Å². The van der Waals surface area contributed by atoms with Gasteiger partial charge in [0.25, 0.3) is 11.8 Å². The molecule has 1 saturated heterocycles. The van der Waals surface area contributed by atoms with Crippen LogP contribution in [0.25, 0.3) is 0 Å². The number of hydrogen-bond acceptors (Lipinski definition) is 8. The minimum absolute atomic E-state index is 0.0291. The van der Waals surface area contributed by atoms with Crippen LogP contribution in [0.1, 0.15) is 11.3 Å². The van der Waals surface area contributed by atoms with E-state index in [0.29, 0.717) is 59.5 Å². The average Bonchev–Trinajstić information content (AvgIpc) is 3.30. The molecule has 2 N–H and O–H groups in total. The van der Waals surface area contributed by atoms with Crippen molar-refractivity contribution in [3.8, 4) is 17.6 Å². The summed E-state index contributed by atoms with van der Waals surface area (Å²) in [4.78, 5) is 32.6. The number of likely N-dealkylation sites (tertiary alicyclic amines) is 1. The number of fused-ring (bicyclic) bond motifs is 3. The third-order valence-electron chi connectivity index (χ3n) is 6.99. The zero-order chi connectivity index (χ0) is 23.2. The Balaban J connectivity index is 1.00. The molecule has 6 rings (SSSR count). The van der Waals surface area contributed by atoms with Crippen LogP contribution in [0.2, 0.25) is 0 Å². The molecule has 2 unspecified atom stereocenters. The van der Waals surface area contributed by atoms with E-state index in [4.69, 9.17) is 9.47 Å². The highest BCUT2D eigenvalue weighted by Crippen LogP contribution is 2.45. The molecule has 4 aliphatic rings. The van der Waals surface area contributed by atoms with E-state index < -0.39 is 0 Å². The fourth-order valence-corrected chi connectivity index (χ4v) is 5.18. The Kier molecular flexibility index (Phi) is 5.08. The summed E-state index contributed by atoms with van der Waals surface area (Å²) in [5, 5.41) is 15.5. The highest BCUT2D eigenvalue weighted by Gasteiger charge is 2.55. The molecule has 1 saturated carbocycles. The summed E-state index contributed by atoms with van der Waals surface area (Å²) >= 11 is 0. The van der Waals surface area contributed by atoms with Crippen molar-refractivity contribution >= 4 is 23.3 Å². The van der Waals surface area contributed by atoms with Crippen LogP contribution in [0.3, 0.4) is 0 Å². The number of carbonyl (C=O) groups is 2. The summed E-state index contributed by atoms with van der Waals surface area (Å²) in [5.74, 6) is 2.66. The predicted molar refractivity (Wildman–Crippen MR) is 121 cm³/mol. The molecule has 2 atom stereocenters. The van der Waals surface area contributed by atoms with E-state index in [2.05, 4.69) is 26.6 Å². The second kappa shape index (κ2) is 8.27. The van der Waals surface area contributed by atoms with Crippen LogP contribution in [0.4, 0.5) is 11.5 Å². The number of nitrogens with zero attached hydrogens (tertiary/aromatic N) is 4. The number of nitrogens with one attached hydrogen (secondary N) is 2. The number of amides is 2. The number of rotatable bonds is 6. The van der Waals surface area contributed by atoms with Crippen molar-refractivity contribution < 1.29 is 19.1 Å². The number of ether oxygens (including phenoxy) is 2. The van der Waals surface area contributed by atoms with Crippen molar-refractivity contribution in [3.63, 3.8) is 0 Å². The molecule has 1 aromatic carbocycles. The molecular weight excluding hydrogens is 436 g/mol. The normalized spacial score (nSPS) is 24.8. The Morgan fingerprint density at radius 2 is 1.88 bits per heavy atom. The summed E-state index contributed by atoms with van der Waals surface area (Å²) in [5.41, 5.74) is 2.06. The minimum atomic E-state index is -0.185. The molecule has 0 spiro atoms. The van der Waals surface area contributed by atoms with E-state index in [1.165, 1.54) is 0 Å². The van der Waals surface area contributed by atoms with Crippen LogP contribution >= 0.6 is 0 Å². The van der Waals surface area contributed by atoms with Gasteiger partial charge in [-0.1, -0.05) is 0 Å². The zero-order valence-electron chi connectivity index (χ0n) is 18.5. The van der Waals surface area contributed by atoms with E-state index >= 15 is 0 Å². The van der Waals surface area contributed by atoms with Gasteiger partial charge in [0.05, 0.1) is 23.0 Å². The van der Waals surface area contributed by atoms with Crippen LogP contribution in [0.5, 0.6) is 11.5 Å². The average molecular weight is 460 g/mol. The summed E-state index contributed by atoms with van der Waals surface area (Å²) in [6.07, 6.45) is 0. The highest BCUT2D eigenvalue weighted by molar-refractivity contribution is 5.98. The van der Waals surface area contributed by atoms with Crippen molar-refractivity contribution in [3.05, 3.63) is 41.6 Å². The van der Waals surface area contributed by atoms with Gasteiger partial charge in [-0.25, -0.2) is 4.98 Å². The van der Waals surface area contributed by atoms with Gasteiger partial charge in [0.2, 0.25) is 0 Å². The first-order valence-corrected chi connectivity index (χ1v) is 11.4. The number of nitriles is 1. The topological polar surface area (TPSA) is 120 Å². The number of pyridine rings is 1. The number of aromatic nitrogens is 1. The molecule has 10 nitrogen and oxygen atoms in total. The van der Waals surface area contributed by atoms with Crippen molar-refractivity contribution in [2.75, 3.05) is 49.6 Å². The minimum Gasteiger partial charge on any atom is -0.482 e. The van der Waals surface area contributed by atoms with Crippen LogP contribution in [0.15, 0.2) is 30.3 Å². The number of hydrogen-bond donors (Lipinski definition) is 2. The van der Waals surface area contributed by atoms with Gasteiger partial charge in [0.15, 0.2) is 24.8 Å². The SMILES string of the molecule is N#Cc1ccc2c(c1)N(CCN1CC3C(C1)C3NCc1ccc3c(n1)NC(=O)CO3)C(=O)CO2. The van der Waals surface area contributed by atoms with Gasteiger partial charge in [-0.2, -0.15) is 5.26 Å². The van der Waals surface area contributed by atoms with E-state index in [9.17, 15) is 14.9 Å². The zero-order valence-corrected chi connectivity index (χ0v) is 18.5. The molecule has 0 radical (unpaired) electrons. The van der Waals surface area contributed by atoms with E-state index in [1.54, 1.807) is 23.1 Å². The maximum absolute atomic E-state index is 12.5. The predicted octanol–water partition coefficient (Wildman–Crippen LogP) is 0.730. The number of benzene rings is 1. The third kappa shape index (κ3) is 3.83. The first-order chi connectivity index (χ1) is 16.6. The summed E-state index contributed by atoms with van der Waals surface area (Å²) in [6.45, 7) is 4.05. The lowest BCUT2D eigenvalue weighted by Crippen LogP contribution is -2.44. The smallest absolute Gasteiger partial charge is 0.265 e. The Morgan fingerprint density at radius 1 is 1.09 bits per heavy atom. The van der Waals surface area contributed by atoms with Gasteiger partial charge in [-0.05, 0) is 42.2 Å². The van der Waals surface area contributed by atoms with Crippen LogP contribution < -0.4 is 25.0 Å². The molecule has 10 heteroatoms. The van der Waals surface area contributed by atoms with Gasteiger partial charge >= 0.3 is 0 Å². The number of piperidine rings is 1. The lowest BCUT2D eigenvalue weighted by atomic mass is 10.1. The molecule has 2 amide bonds. The molecule has 0 bridgehead atoms. The van der Waals surface area contributed by atoms with E-state index in [0.717, 1.165) is 25.3 Å². The Morgan fingerprint density at radius 3 is 2.71 bits per heavy atom. The second-order valence-electron chi connectivity index (χ2n) is 9.11. The van der Waals surface area contributed by atoms with Crippen molar-refractivity contribution in [1.29, 1.82) is 5.26 Å². The Hall–Kier alpha value is -3.68. The standard InChI is InChI=1S/C24H24N6O4/c25-8-14-1-3-19-18(7-14)30(22(32)13-34-19)6-5-29-10-16-17(11-29)23(16)26-9-15-2-4-20-24(27-15)28-21(31)12-33-20/h1-4,7,16-17,23,26H,5-6,9-13H2,(H,27,28,31). The first kappa shape index (κ1) is 20.9. The molecular formula is C24H24N6O4. The Bertz CT molecular complexity index is 1200. The third-order valence-corrected chi connectivity index (χ3v) is 6.99. The van der Waals surface area contributed by atoms with Gasteiger partial charge in [0, 0.05) is 38.8 Å². The largest absolute Gasteiger partial charge is 0.482 e. The summed E-state index contributed by atoms with van der Waals surface area (Å²) < 4.78 is 10.9. The first-order valence-electron chi connectivity index (χ1n) is 11.4. The highest BCUT2D eigenvalue weighted by atomic mass is 16.5. The molecule has 174 valence electrons. The quantitative estimate of drug-likeness (QED) is 0.648. The van der Waals surface area contributed by atoms with E-state index in [1.807, 2.05) is 12.1 Å². The molecule has 4 heterocycles. The molecule has 1 aliphatic carbocycles. The van der Waals surface area contributed by atoms with Gasteiger partial charge in [0.1, 0.15) is 5.75 Å². The van der Waals surface area contributed by atoms with Crippen molar-refractivity contribution in [1.82, 2.24) is 15.2 Å². The van der Waals surface area contributed by atoms with Crippen LogP contribution in [-0.4, -0.2) is 67.1 Å². The molecule has 1 aromatic heterocycles. The van der Waals surface area contributed by atoms with Gasteiger partial charge in [-0.15, -0.1) is 0 Å². The molecule has 2 aromatic rings. The number of anilines is 2. The molecule has 34 heavy (non-hydrogen) atoms. The molecule has 3 aliphatic heterocycles. The summed E-state index contributed by atoms with van der Waals surface area (Å²) in [7, 11) is 0. The fraction of sp³-hybridized carbons (Fsp3) is 0.417. The lowest BCUT2D eigenvalue weighted by molar-refractivity contribution is -0.121. The van der Waals surface area contributed by atoms with Crippen LogP contribution in [-0.2, 0) is 16.1 Å². The maximum Gasteiger partial charge on any atom is 0.265 e. The van der Waals surface area contributed by atoms with Crippen molar-refractivity contribution in [2.45, 2.75) is 12.6 Å². The second-order valence-corrected chi connectivity index (χ2v) is 9.11. The monoisotopic (exact) mass is 460 g/mol. The lowest BCUT2D eigenvalue weighted by Gasteiger charge is -2.31. The molecule has 2 fully saturated rings. The van der Waals surface area contributed by atoms with Gasteiger partial charge < -0.3 is 29.9 Å². The summed E-state index contributed by atoms with van der Waals surface area (Å²) in [6, 6.07) is 11.5. The van der Waals surface area contributed by atoms with E-state index in [-0.39, 0.29) is 25.0 Å². The Labute approximate surface area is 196 Å². The van der Waals surface area contributed by atoms with Crippen LogP contribution in [0, 0.1) is 23.2 Å². The maximum atomic E-state index is 12.5. The number of carbonyl (C=O) groups excluding carboxylic acids is 2. The van der Waals surface area contributed by atoms with Crippen molar-refractivity contribution in [2.24, 2.45) is 11.8 Å².